The number of benzene rings is 2. The van der Waals surface area contributed by atoms with Crippen LogP contribution in [0.3, 0.4) is 0 Å². The number of nitrogens with one attached hydrogen (secondary N) is 1. The van der Waals surface area contributed by atoms with Gasteiger partial charge in [-0.05, 0) is 18.1 Å². The van der Waals surface area contributed by atoms with Crippen LogP contribution in [-0.2, 0) is 13.0 Å². The number of nitro benzene ring substituents is 1. The zero-order valence-corrected chi connectivity index (χ0v) is 13.3. The van der Waals surface area contributed by atoms with E-state index in [4.69, 9.17) is 10.5 Å². The van der Waals surface area contributed by atoms with E-state index in [9.17, 15) is 10.1 Å². The number of aromatic nitrogens is 3. The molecule has 1 heterocycles. The number of aromatic amines is 1. The Labute approximate surface area is 143 Å². The van der Waals surface area contributed by atoms with Gasteiger partial charge in [0.05, 0.1) is 17.0 Å². The van der Waals surface area contributed by atoms with E-state index >= 15 is 0 Å². The summed E-state index contributed by atoms with van der Waals surface area (Å²) in [5.74, 6) is 1.40. The van der Waals surface area contributed by atoms with Gasteiger partial charge < -0.3 is 10.5 Å². The highest BCUT2D eigenvalue weighted by Crippen LogP contribution is 2.20. The third kappa shape index (κ3) is 4.39. The van der Waals surface area contributed by atoms with Crippen LogP contribution in [0.2, 0.25) is 0 Å². The number of hydrogen-bond donors (Lipinski definition) is 2. The van der Waals surface area contributed by atoms with Gasteiger partial charge in [-0.25, -0.2) is 4.98 Å². The van der Waals surface area contributed by atoms with E-state index in [2.05, 4.69) is 15.2 Å². The van der Waals surface area contributed by atoms with Crippen LogP contribution in [0, 0.1) is 10.1 Å². The van der Waals surface area contributed by atoms with Gasteiger partial charge in [-0.2, -0.15) is 5.10 Å². The van der Waals surface area contributed by atoms with E-state index in [1.54, 1.807) is 12.1 Å². The Morgan fingerprint density at radius 2 is 2.00 bits per heavy atom. The maximum Gasteiger partial charge on any atom is 0.273 e. The zero-order valence-electron chi connectivity index (χ0n) is 13.3. The van der Waals surface area contributed by atoms with Crippen LogP contribution in [0.1, 0.15) is 23.3 Å². The second-order valence-electron chi connectivity index (χ2n) is 5.48. The van der Waals surface area contributed by atoms with Crippen LogP contribution in [0.25, 0.3) is 0 Å². The molecule has 1 atom stereocenters. The van der Waals surface area contributed by atoms with Crippen molar-refractivity contribution in [3.63, 3.8) is 0 Å². The number of nitro groups is 1. The molecule has 3 rings (SSSR count). The van der Waals surface area contributed by atoms with Gasteiger partial charge in [-0.3, -0.25) is 15.2 Å². The number of nitrogens with zero attached hydrogens (tertiary/aromatic N) is 3. The summed E-state index contributed by atoms with van der Waals surface area (Å²) in [6, 6.07) is 15.5. The van der Waals surface area contributed by atoms with Crippen molar-refractivity contribution >= 4 is 5.69 Å². The molecule has 0 amide bonds. The van der Waals surface area contributed by atoms with Crippen molar-refractivity contribution < 1.29 is 9.66 Å². The topological polar surface area (TPSA) is 120 Å². The van der Waals surface area contributed by atoms with Gasteiger partial charge >= 0.3 is 0 Å². The van der Waals surface area contributed by atoms with Crippen molar-refractivity contribution in [3.05, 3.63) is 81.9 Å². The molecule has 128 valence electrons. The smallest absolute Gasteiger partial charge is 0.273 e. The average Bonchev–Trinajstić information content (AvgIpc) is 3.10. The molecular weight excluding hydrogens is 322 g/mol. The van der Waals surface area contributed by atoms with Crippen LogP contribution in [-0.4, -0.2) is 20.1 Å². The standard InChI is InChI=1S/C17H17N5O3/c18-15(9-12-5-2-1-3-6-12)17-19-16(20-21-17)11-25-14-8-4-7-13(10-14)22(23)24/h1-8,10,15H,9,11,18H2,(H,19,20,21)/t15-/m1/s1. The lowest BCUT2D eigenvalue weighted by Gasteiger charge is -2.07. The van der Waals surface area contributed by atoms with Gasteiger partial charge in [0.2, 0.25) is 0 Å². The lowest BCUT2D eigenvalue weighted by molar-refractivity contribution is -0.384. The van der Waals surface area contributed by atoms with E-state index in [-0.39, 0.29) is 18.3 Å². The Kier molecular flexibility index (Phi) is 5.00. The first kappa shape index (κ1) is 16.6. The number of non-ortho nitro benzene ring substituents is 1. The fourth-order valence-corrected chi connectivity index (χ4v) is 2.34. The highest BCUT2D eigenvalue weighted by Gasteiger charge is 2.13. The first-order chi connectivity index (χ1) is 12.1. The molecule has 25 heavy (non-hydrogen) atoms. The Morgan fingerprint density at radius 1 is 1.20 bits per heavy atom. The minimum atomic E-state index is -0.470. The number of ether oxygens (including phenoxy) is 1. The molecule has 0 saturated heterocycles. The van der Waals surface area contributed by atoms with Crippen LogP contribution in [0.5, 0.6) is 5.75 Å². The summed E-state index contributed by atoms with van der Waals surface area (Å²) in [6.45, 7) is 0.117. The molecule has 3 N–H and O–H groups in total. The minimum absolute atomic E-state index is 0.0272. The molecule has 0 unspecified atom stereocenters. The molecule has 2 aromatic carbocycles. The second kappa shape index (κ2) is 7.54. The lowest BCUT2D eigenvalue weighted by atomic mass is 10.1. The number of nitrogens with two attached hydrogens (primary N) is 1. The van der Waals surface area contributed by atoms with Crippen molar-refractivity contribution in [2.24, 2.45) is 5.73 Å². The number of H-pyrrole nitrogens is 1. The Bertz CT molecular complexity index is 850. The molecule has 0 bridgehead atoms. The first-order valence-corrected chi connectivity index (χ1v) is 7.70. The molecule has 8 heteroatoms. The fourth-order valence-electron chi connectivity index (χ4n) is 2.34. The first-order valence-electron chi connectivity index (χ1n) is 7.70. The third-order valence-electron chi connectivity index (χ3n) is 3.58. The summed E-state index contributed by atoms with van der Waals surface area (Å²) in [5, 5.41) is 17.7. The van der Waals surface area contributed by atoms with Gasteiger partial charge in [0, 0.05) is 6.07 Å². The molecule has 0 aliphatic heterocycles. The minimum Gasteiger partial charge on any atom is -0.485 e. The Morgan fingerprint density at radius 3 is 2.76 bits per heavy atom. The highest BCUT2D eigenvalue weighted by atomic mass is 16.6. The van der Waals surface area contributed by atoms with Crippen molar-refractivity contribution in [1.82, 2.24) is 15.2 Å². The summed E-state index contributed by atoms with van der Waals surface area (Å²) < 4.78 is 5.52. The van der Waals surface area contributed by atoms with E-state index in [1.165, 1.54) is 12.1 Å². The predicted molar refractivity (Wildman–Crippen MR) is 90.9 cm³/mol. The normalized spacial score (nSPS) is 11.9. The van der Waals surface area contributed by atoms with Crippen molar-refractivity contribution in [2.45, 2.75) is 19.1 Å². The Balaban J connectivity index is 1.60. The largest absolute Gasteiger partial charge is 0.485 e. The van der Waals surface area contributed by atoms with E-state index in [1.807, 2.05) is 30.3 Å². The van der Waals surface area contributed by atoms with E-state index in [0.717, 1.165) is 5.56 Å². The van der Waals surface area contributed by atoms with Crippen LogP contribution in [0.15, 0.2) is 54.6 Å². The fraction of sp³-hybridized carbons (Fsp3) is 0.176. The highest BCUT2D eigenvalue weighted by molar-refractivity contribution is 5.37. The molecule has 0 radical (unpaired) electrons. The average molecular weight is 339 g/mol. The molecule has 0 fully saturated rings. The number of hydrogen-bond acceptors (Lipinski definition) is 6. The molecular formula is C17H17N5O3. The quantitative estimate of drug-likeness (QED) is 0.504. The SMILES string of the molecule is N[C@H](Cc1ccccc1)c1n[nH]c(COc2cccc([N+](=O)[O-])c2)n1. The van der Waals surface area contributed by atoms with E-state index < -0.39 is 4.92 Å². The third-order valence-corrected chi connectivity index (χ3v) is 3.58. The summed E-state index contributed by atoms with van der Waals surface area (Å²) in [7, 11) is 0. The predicted octanol–water partition coefficient (Wildman–Crippen LogP) is 2.53. The van der Waals surface area contributed by atoms with Crippen molar-refractivity contribution in [1.29, 1.82) is 0 Å². The molecule has 0 aliphatic rings. The molecule has 0 spiro atoms. The molecule has 8 nitrogen and oxygen atoms in total. The van der Waals surface area contributed by atoms with Gasteiger partial charge in [-0.15, -0.1) is 0 Å². The number of rotatable bonds is 7. The van der Waals surface area contributed by atoms with Gasteiger partial charge in [0.25, 0.3) is 5.69 Å². The summed E-state index contributed by atoms with van der Waals surface area (Å²) >= 11 is 0. The molecule has 1 aromatic heterocycles. The zero-order chi connectivity index (χ0) is 17.6. The van der Waals surface area contributed by atoms with Crippen LogP contribution in [0.4, 0.5) is 5.69 Å². The molecule has 0 saturated carbocycles. The molecule has 3 aromatic rings. The maximum absolute atomic E-state index is 10.8. The van der Waals surface area contributed by atoms with Crippen LogP contribution < -0.4 is 10.5 Å². The second-order valence-corrected chi connectivity index (χ2v) is 5.48. The van der Waals surface area contributed by atoms with Crippen LogP contribution >= 0.6 is 0 Å². The Hall–Kier alpha value is -3.26. The summed E-state index contributed by atoms with van der Waals surface area (Å²) in [6.07, 6.45) is 0.629. The monoisotopic (exact) mass is 339 g/mol. The maximum atomic E-state index is 10.8. The van der Waals surface area contributed by atoms with Gasteiger partial charge in [0.1, 0.15) is 12.4 Å². The summed E-state index contributed by atoms with van der Waals surface area (Å²) in [4.78, 5) is 14.6. The van der Waals surface area contributed by atoms with Gasteiger partial charge in [0.15, 0.2) is 11.6 Å². The van der Waals surface area contributed by atoms with Crippen molar-refractivity contribution in [3.8, 4) is 5.75 Å². The lowest BCUT2D eigenvalue weighted by Crippen LogP contribution is -2.15. The molecule has 0 aliphatic carbocycles. The summed E-state index contributed by atoms with van der Waals surface area (Å²) in [5.41, 5.74) is 7.22. The van der Waals surface area contributed by atoms with Gasteiger partial charge in [-0.1, -0.05) is 36.4 Å². The van der Waals surface area contributed by atoms with E-state index in [0.29, 0.717) is 23.8 Å². The van der Waals surface area contributed by atoms with Crippen molar-refractivity contribution in [2.75, 3.05) is 0 Å².